The molecule has 4 heterocycles. The average molecular weight is 506 g/mol. The molecule has 198 valence electrons. The summed E-state index contributed by atoms with van der Waals surface area (Å²) in [6.07, 6.45) is 11.3. The fourth-order valence-electron chi connectivity index (χ4n) is 5.77. The van der Waals surface area contributed by atoms with E-state index in [1.54, 1.807) is 12.4 Å². The molecule has 3 aromatic rings. The first-order valence-corrected chi connectivity index (χ1v) is 13.5. The van der Waals surface area contributed by atoms with Gasteiger partial charge in [-0.15, -0.1) is 0 Å². The monoisotopic (exact) mass is 505 g/mol. The molecule has 0 aliphatic carbocycles. The number of nitrogens with one attached hydrogen (secondary N) is 2. The molecule has 0 atom stereocenters. The Morgan fingerprint density at radius 3 is 2.08 bits per heavy atom. The van der Waals surface area contributed by atoms with E-state index in [1.165, 1.54) is 18.4 Å². The van der Waals surface area contributed by atoms with Crippen LogP contribution >= 0.6 is 0 Å². The van der Waals surface area contributed by atoms with Crippen LogP contribution in [0.4, 0.5) is 4.79 Å². The van der Waals surface area contributed by atoms with Gasteiger partial charge >= 0.3 is 6.09 Å². The van der Waals surface area contributed by atoms with E-state index in [0.717, 1.165) is 49.7 Å². The van der Waals surface area contributed by atoms with Gasteiger partial charge in [0.25, 0.3) is 0 Å². The second kappa shape index (κ2) is 11.5. The normalized spacial score (nSPS) is 17.8. The Morgan fingerprint density at radius 1 is 0.946 bits per heavy atom. The van der Waals surface area contributed by atoms with Crippen molar-refractivity contribution in [2.75, 3.05) is 19.6 Å². The van der Waals surface area contributed by atoms with Crippen LogP contribution in [0.3, 0.4) is 0 Å². The van der Waals surface area contributed by atoms with Gasteiger partial charge in [-0.2, -0.15) is 0 Å². The zero-order valence-corrected chi connectivity index (χ0v) is 22.0. The molecule has 2 aromatic heterocycles. The molecule has 1 aromatic carbocycles. The van der Waals surface area contributed by atoms with Gasteiger partial charge in [0.1, 0.15) is 17.2 Å². The summed E-state index contributed by atoms with van der Waals surface area (Å²) in [5, 5.41) is 0. The van der Waals surface area contributed by atoms with Crippen LogP contribution in [0.2, 0.25) is 0 Å². The topological polar surface area (TPSA) is 93.4 Å². The van der Waals surface area contributed by atoms with Crippen LogP contribution in [0.5, 0.6) is 0 Å². The van der Waals surface area contributed by atoms with E-state index in [1.807, 2.05) is 17.3 Å². The second-order valence-corrected chi connectivity index (χ2v) is 10.4. The number of nitrogens with zero attached hydrogens (tertiary/aromatic N) is 5. The highest BCUT2D eigenvalue weighted by atomic mass is 16.6. The minimum absolute atomic E-state index is 0.178. The lowest BCUT2D eigenvalue weighted by atomic mass is 9.90. The number of carbonyl (C=O) groups is 1. The number of H-pyrrole nitrogens is 2. The molecule has 0 bridgehead atoms. The molecule has 0 saturated carbocycles. The largest absolute Gasteiger partial charge is 0.441 e. The quantitative estimate of drug-likeness (QED) is 0.403. The number of amides is 1. The van der Waals surface area contributed by atoms with Gasteiger partial charge < -0.3 is 19.6 Å². The Hall–Kier alpha value is -3.17. The van der Waals surface area contributed by atoms with Crippen LogP contribution in [-0.4, -0.2) is 72.0 Å². The Labute approximate surface area is 219 Å². The first kappa shape index (κ1) is 25.5. The summed E-state index contributed by atoms with van der Waals surface area (Å²) in [6, 6.07) is 9.19. The fourth-order valence-corrected chi connectivity index (χ4v) is 5.77. The highest BCUT2D eigenvalue weighted by Crippen LogP contribution is 2.35. The van der Waals surface area contributed by atoms with Crippen molar-refractivity contribution in [2.45, 2.75) is 77.4 Å². The number of aromatic amines is 2. The zero-order chi connectivity index (χ0) is 25.7. The number of hydrogen-bond acceptors (Lipinski definition) is 6. The molecule has 2 aliphatic heterocycles. The number of rotatable bonds is 11. The van der Waals surface area contributed by atoms with E-state index < -0.39 is 0 Å². The van der Waals surface area contributed by atoms with Crippen molar-refractivity contribution in [1.29, 1.82) is 0 Å². The summed E-state index contributed by atoms with van der Waals surface area (Å²) in [4.78, 5) is 34.6. The van der Waals surface area contributed by atoms with E-state index in [0.29, 0.717) is 32.2 Å². The number of carbonyl (C=O) groups excluding carboxylic acids is 1. The number of imidazole rings is 2. The van der Waals surface area contributed by atoms with Crippen molar-refractivity contribution >= 4 is 6.09 Å². The molecule has 0 unspecified atom stereocenters. The van der Waals surface area contributed by atoms with Gasteiger partial charge in [0.2, 0.25) is 0 Å². The second-order valence-electron chi connectivity index (χ2n) is 10.4. The van der Waals surface area contributed by atoms with E-state index in [4.69, 9.17) is 4.74 Å². The molecule has 0 radical (unpaired) electrons. The molecule has 37 heavy (non-hydrogen) atoms. The molecule has 1 amide bonds. The van der Waals surface area contributed by atoms with Gasteiger partial charge in [-0.25, -0.2) is 14.8 Å². The number of benzene rings is 1. The third kappa shape index (κ3) is 6.22. The number of likely N-dealkylation sites (tertiary alicyclic amines) is 1. The Kier molecular flexibility index (Phi) is 7.90. The molecular formula is C28H39N7O2. The van der Waals surface area contributed by atoms with Gasteiger partial charge in [-0.3, -0.25) is 9.80 Å². The predicted octanol–water partition coefficient (Wildman–Crippen LogP) is 4.31. The maximum Gasteiger partial charge on any atom is 0.410 e. The van der Waals surface area contributed by atoms with Gasteiger partial charge in [-0.1, -0.05) is 38.1 Å². The highest BCUT2D eigenvalue weighted by molar-refractivity contribution is 5.70. The Balaban J connectivity index is 1.17. The van der Waals surface area contributed by atoms with E-state index in [2.05, 4.69) is 67.8 Å². The average Bonchev–Trinajstić information content (AvgIpc) is 3.66. The number of hydrogen-bond donors (Lipinski definition) is 2. The Bertz CT molecular complexity index is 1070. The van der Waals surface area contributed by atoms with Crippen LogP contribution in [0.15, 0.2) is 49.1 Å². The Morgan fingerprint density at radius 2 is 1.54 bits per heavy atom. The van der Waals surface area contributed by atoms with Crippen molar-refractivity contribution in [3.63, 3.8) is 0 Å². The molecule has 1 spiro atoms. The van der Waals surface area contributed by atoms with Crippen LogP contribution in [0.1, 0.15) is 62.3 Å². The lowest BCUT2D eigenvalue weighted by Gasteiger charge is -2.40. The summed E-state index contributed by atoms with van der Waals surface area (Å²) in [7, 11) is 0. The standard InChI is InChI=1S/C28H39N7O2/c1-3-24(4-2)34-15-9-28(10-16-34)21-35(27(36)37-28)18-23-7-5-22(6-8-23)17-33(19-25-29-11-12-30-25)20-26-31-13-14-32-26/h5-8,11-14,24H,3-4,9-10,15-21H2,1-2H3,(H,29,30)(H,31,32). The summed E-state index contributed by atoms with van der Waals surface area (Å²) in [5.41, 5.74) is 2.00. The van der Waals surface area contributed by atoms with Gasteiger partial charge in [0.15, 0.2) is 0 Å². The summed E-state index contributed by atoms with van der Waals surface area (Å²) in [6.45, 7) is 9.97. The van der Waals surface area contributed by atoms with E-state index in [-0.39, 0.29) is 11.7 Å². The minimum atomic E-state index is -0.322. The third-order valence-corrected chi connectivity index (χ3v) is 7.87. The number of piperidine rings is 1. The summed E-state index contributed by atoms with van der Waals surface area (Å²) >= 11 is 0. The van der Waals surface area contributed by atoms with Gasteiger partial charge in [-0.05, 0) is 24.0 Å². The molecule has 2 aliphatic rings. The maximum absolute atomic E-state index is 12.8. The first-order valence-electron chi connectivity index (χ1n) is 13.5. The van der Waals surface area contributed by atoms with Crippen LogP contribution in [0.25, 0.3) is 0 Å². The third-order valence-electron chi connectivity index (χ3n) is 7.87. The van der Waals surface area contributed by atoms with Crippen molar-refractivity contribution in [1.82, 2.24) is 34.6 Å². The van der Waals surface area contributed by atoms with Crippen LogP contribution in [-0.2, 0) is 30.9 Å². The first-order chi connectivity index (χ1) is 18.1. The number of ether oxygens (including phenoxy) is 1. The minimum Gasteiger partial charge on any atom is -0.441 e. The van der Waals surface area contributed by atoms with Crippen LogP contribution in [0, 0.1) is 0 Å². The van der Waals surface area contributed by atoms with Crippen molar-refractivity contribution in [3.05, 3.63) is 71.8 Å². The van der Waals surface area contributed by atoms with Gasteiger partial charge in [0, 0.05) is 69.8 Å². The molecule has 2 saturated heterocycles. The molecule has 9 nitrogen and oxygen atoms in total. The molecule has 9 heteroatoms. The lowest BCUT2D eigenvalue weighted by molar-refractivity contribution is -0.0111. The highest BCUT2D eigenvalue weighted by Gasteiger charge is 2.47. The smallest absolute Gasteiger partial charge is 0.410 e. The van der Waals surface area contributed by atoms with Gasteiger partial charge in [0.05, 0.1) is 19.6 Å². The summed E-state index contributed by atoms with van der Waals surface area (Å²) in [5.74, 6) is 1.85. The zero-order valence-electron chi connectivity index (χ0n) is 22.0. The predicted molar refractivity (Wildman–Crippen MR) is 141 cm³/mol. The lowest BCUT2D eigenvalue weighted by Crippen LogP contribution is -2.49. The van der Waals surface area contributed by atoms with E-state index >= 15 is 0 Å². The molecule has 2 fully saturated rings. The van der Waals surface area contributed by atoms with E-state index in [9.17, 15) is 4.79 Å². The van der Waals surface area contributed by atoms with Crippen molar-refractivity contribution in [2.24, 2.45) is 0 Å². The number of aromatic nitrogens is 4. The maximum atomic E-state index is 12.8. The van der Waals surface area contributed by atoms with Crippen LogP contribution < -0.4 is 0 Å². The summed E-state index contributed by atoms with van der Waals surface area (Å²) < 4.78 is 5.98. The van der Waals surface area contributed by atoms with Crippen molar-refractivity contribution in [3.8, 4) is 0 Å². The molecule has 5 rings (SSSR count). The molecule has 2 N–H and O–H groups in total. The fraction of sp³-hybridized carbons (Fsp3) is 0.536. The molecular weight excluding hydrogens is 466 g/mol. The van der Waals surface area contributed by atoms with Crippen molar-refractivity contribution < 1.29 is 9.53 Å². The SMILES string of the molecule is CCC(CC)N1CCC2(CC1)CN(Cc1ccc(CN(Cc3ncc[nH]3)Cc3ncc[nH]3)cc1)C(=O)O2.